The third-order valence-corrected chi connectivity index (χ3v) is 5.04. The molecule has 2 fully saturated rings. The zero-order valence-electron chi connectivity index (χ0n) is 10.6. The fraction of sp³-hybridized carbons (Fsp3) is 0.643. The van der Waals surface area contributed by atoms with Crippen LogP contribution in [0.25, 0.3) is 0 Å². The molecule has 0 aliphatic carbocycles. The number of thiophene rings is 1. The topological polar surface area (TPSA) is 32.3 Å². The number of nitrogens with zero attached hydrogens (tertiary/aromatic N) is 1. The molecule has 1 amide bonds. The summed E-state index contributed by atoms with van der Waals surface area (Å²) in [6.07, 6.45) is 5.09. The second kappa shape index (κ2) is 5.41. The zero-order valence-corrected chi connectivity index (χ0v) is 11.4. The van der Waals surface area contributed by atoms with Gasteiger partial charge in [-0.3, -0.25) is 4.79 Å². The lowest BCUT2D eigenvalue weighted by molar-refractivity contribution is -0.133. The van der Waals surface area contributed by atoms with Gasteiger partial charge in [-0.2, -0.15) is 0 Å². The van der Waals surface area contributed by atoms with E-state index in [9.17, 15) is 4.79 Å². The van der Waals surface area contributed by atoms with Crippen molar-refractivity contribution >= 4 is 17.2 Å². The molecule has 1 aromatic rings. The average Bonchev–Trinajstić information content (AvgIpc) is 2.93. The van der Waals surface area contributed by atoms with Gasteiger partial charge in [0, 0.05) is 29.9 Å². The Hall–Kier alpha value is -0.870. The second-order valence-electron chi connectivity index (χ2n) is 5.26. The highest BCUT2D eigenvalue weighted by Crippen LogP contribution is 2.28. The highest BCUT2D eigenvalue weighted by molar-refractivity contribution is 7.09. The lowest BCUT2D eigenvalue weighted by Gasteiger charge is -2.27. The fourth-order valence-corrected chi connectivity index (χ4v) is 3.91. The average molecular weight is 264 g/mol. The number of fused-ring (bicyclic) bond motifs is 2. The number of carbonyl (C=O) groups is 1. The number of nitrogens with one attached hydrogen (secondary N) is 1. The number of aryl methyl sites for hydroxylation is 1. The van der Waals surface area contributed by atoms with Gasteiger partial charge in [-0.15, -0.1) is 11.3 Å². The van der Waals surface area contributed by atoms with Crippen LogP contribution in [-0.2, 0) is 11.2 Å². The van der Waals surface area contributed by atoms with Crippen molar-refractivity contribution in [2.75, 3.05) is 13.1 Å². The van der Waals surface area contributed by atoms with Crippen molar-refractivity contribution < 1.29 is 4.79 Å². The smallest absolute Gasteiger partial charge is 0.223 e. The summed E-state index contributed by atoms with van der Waals surface area (Å²) in [5.74, 6) is 0.361. The van der Waals surface area contributed by atoms with Crippen LogP contribution in [0.2, 0.25) is 0 Å². The van der Waals surface area contributed by atoms with Crippen LogP contribution < -0.4 is 5.32 Å². The van der Waals surface area contributed by atoms with Crippen LogP contribution in [0.4, 0.5) is 0 Å². The van der Waals surface area contributed by atoms with E-state index in [0.717, 1.165) is 25.9 Å². The maximum atomic E-state index is 12.4. The summed E-state index contributed by atoms with van der Waals surface area (Å²) < 4.78 is 0. The van der Waals surface area contributed by atoms with Gasteiger partial charge in [0.25, 0.3) is 0 Å². The summed E-state index contributed by atoms with van der Waals surface area (Å²) in [7, 11) is 0. The lowest BCUT2D eigenvalue weighted by Crippen LogP contribution is -2.42. The molecule has 4 heteroatoms. The van der Waals surface area contributed by atoms with Crippen LogP contribution in [0.5, 0.6) is 0 Å². The molecule has 1 N–H and O–H groups in total. The zero-order chi connectivity index (χ0) is 12.4. The third-order valence-electron chi connectivity index (χ3n) is 4.11. The summed E-state index contributed by atoms with van der Waals surface area (Å²) in [6.45, 7) is 2.05. The molecule has 0 radical (unpaired) electrons. The van der Waals surface area contributed by atoms with Gasteiger partial charge in [-0.05, 0) is 43.7 Å². The number of hydrogen-bond donors (Lipinski definition) is 1. The molecule has 2 saturated heterocycles. The Morgan fingerprint density at radius 1 is 1.39 bits per heavy atom. The fourth-order valence-electron chi connectivity index (χ4n) is 3.20. The summed E-state index contributed by atoms with van der Waals surface area (Å²) in [5.41, 5.74) is 0. The Balaban J connectivity index is 1.61. The Labute approximate surface area is 112 Å². The van der Waals surface area contributed by atoms with Crippen LogP contribution in [-0.4, -0.2) is 36.0 Å². The van der Waals surface area contributed by atoms with E-state index >= 15 is 0 Å². The van der Waals surface area contributed by atoms with E-state index in [1.807, 2.05) is 0 Å². The first kappa shape index (κ1) is 12.2. The minimum absolute atomic E-state index is 0.361. The highest BCUT2D eigenvalue weighted by Gasteiger charge is 2.37. The Morgan fingerprint density at radius 2 is 2.28 bits per heavy atom. The molecule has 2 aliphatic rings. The number of hydrogen-bond acceptors (Lipinski definition) is 3. The monoisotopic (exact) mass is 264 g/mol. The van der Waals surface area contributed by atoms with Gasteiger partial charge < -0.3 is 10.2 Å². The van der Waals surface area contributed by atoms with Crippen LogP contribution in [0, 0.1) is 0 Å². The summed E-state index contributed by atoms with van der Waals surface area (Å²) in [5, 5.41) is 5.52. The van der Waals surface area contributed by atoms with E-state index in [-0.39, 0.29) is 0 Å². The molecule has 18 heavy (non-hydrogen) atoms. The van der Waals surface area contributed by atoms with Crippen molar-refractivity contribution in [1.82, 2.24) is 10.2 Å². The minimum Gasteiger partial charge on any atom is -0.335 e. The summed E-state index contributed by atoms with van der Waals surface area (Å²) in [4.78, 5) is 15.9. The van der Waals surface area contributed by atoms with Crippen LogP contribution in [0.3, 0.4) is 0 Å². The summed E-state index contributed by atoms with van der Waals surface area (Å²) in [6, 6.07) is 5.13. The molecule has 1 aromatic heterocycles. The highest BCUT2D eigenvalue weighted by atomic mass is 32.1. The van der Waals surface area contributed by atoms with Gasteiger partial charge in [0.2, 0.25) is 5.91 Å². The molecule has 2 aliphatic heterocycles. The predicted octanol–water partition coefficient (Wildman–Crippen LogP) is 2.03. The molecule has 3 nitrogen and oxygen atoms in total. The number of rotatable bonds is 3. The Bertz CT molecular complexity index is 390. The normalized spacial score (nSPS) is 27.2. The molecule has 0 spiro atoms. The van der Waals surface area contributed by atoms with Crippen molar-refractivity contribution in [3.05, 3.63) is 22.4 Å². The molecule has 2 unspecified atom stereocenters. The van der Waals surface area contributed by atoms with Gasteiger partial charge in [-0.25, -0.2) is 0 Å². The molecule has 0 aromatic carbocycles. The van der Waals surface area contributed by atoms with Gasteiger partial charge in [0.15, 0.2) is 0 Å². The molecule has 2 atom stereocenters. The quantitative estimate of drug-likeness (QED) is 0.906. The minimum atomic E-state index is 0.361. The van der Waals surface area contributed by atoms with E-state index < -0.39 is 0 Å². The van der Waals surface area contributed by atoms with Gasteiger partial charge in [0.05, 0.1) is 0 Å². The first-order valence-electron chi connectivity index (χ1n) is 6.89. The van der Waals surface area contributed by atoms with E-state index in [2.05, 4.69) is 27.7 Å². The van der Waals surface area contributed by atoms with Crippen LogP contribution in [0.1, 0.15) is 30.6 Å². The lowest BCUT2D eigenvalue weighted by atomic mass is 10.1. The van der Waals surface area contributed by atoms with E-state index in [1.54, 1.807) is 11.3 Å². The number of amides is 1. The van der Waals surface area contributed by atoms with Crippen molar-refractivity contribution in [3.8, 4) is 0 Å². The van der Waals surface area contributed by atoms with E-state index in [4.69, 9.17) is 0 Å². The molecule has 98 valence electrons. The van der Waals surface area contributed by atoms with Crippen LogP contribution in [0.15, 0.2) is 17.5 Å². The third kappa shape index (κ3) is 2.45. The van der Waals surface area contributed by atoms with Gasteiger partial charge in [0.1, 0.15) is 0 Å². The standard InChI is InChI=1S/C14H20N2OS/c17-14(6-5-13-2-1-9-18-13)16-11-3-4-12(16)10-15-8-7-11/h1-2,9,11-12,15H,3-8,10H2. The first-order chi connectivity index (χ1) is 8.84. The summed E-state index contributed by atoms with van der Waals surface area (Å²) >= 11 is 1.75. The molecule has 3 heterocycles. The second-order valence-corrected chi connectivity index (χ2v) is 6.29. The van der Waals surface area contributed by atoms with Crippen molar-refractivity contribution in [3.63, 3.8) is 0 Å². The van der Waals surface area contributed by atoms with E-state index in [0.29, 0.717) is 24.4 Å². The Morgan fingerprint density at radius 3 is 3.11 bits per heavy atom. The molecular weight excluding hydrogens is 244 g/mol. The van der Waals surface area contributed by atoms with Crippen molar-refractivity contribution in [2.24, 2.45) is 0 Å². The first-order valence-corrected chi connectivity index (χ1v) is 7.77. The van der Waals surface area contributed by atoms with Crippen molar-refractivity contribution in [2.45, 2.75) is 44.2 Å². The van der Waals surface area contributed by atoms with E-state index in [1.165, 1.54) is 17.7 Å². The SMILES string of the molecule is O=C(CCc1cccs1)N1C2CCNCC1CC2. The number of carbonyl (C=O) groups excluding carboxylic acids is 1. The van der Waals surface area contributed by atoms with Gasteiger partial charge >= 0.3 is 0 Å². The molecule has 2 bridgehead atoms. The van der Waals surface area contributed by atoms with Crippen molar-refractivity contribution in [1.29, 1.82) is 0 Å². The predicted molar refractivity (Wildman–Crippen MR) is 73.8 cm³/mol. The molecule has 3 rings (SSSR count). The Kier molecular flexibility index (Phi) is 3.66. The maximum Gasteiger partial charge on any atom is 0.223 e. The maximum absolute atomic E-state index is 12.4. The molecule has 0 saturated carbocycles. The van der Waals surface area contributed by atoms with Crippen LogP contribution >= 0.6 is 11.3 Å². The largest absolute Gasteiger partial charge is 0.335 e. The van der Waals surface area contributed by atoms with Gasteiger partial charge in [-0.1, -0.05) is 6.07 Å². The molecular formula is C14H20N2OS.